The Hall–Kier alpha value is -2.88. The van der Waals surface area contributed by atoms with Crippen LogP contribution in [0.3, 0.4) is 0 Å². The normalized spacial score (nSPS) is 19.1. The summed E-state index contributed by atoms with van der Waals surface area (Å²) in [5.41, 5.74) is -1.97. The second kappa shape index (κ2) is 7.39. The van der Waals surface area contributed by atoms with Crippen LogP contribution in [0.25, 0.3) is 16.1 Å². The summed E-state index contributed by atoms with van der Waals surface area (Å²) in [5, 5.41) is 4.42. The van der Waals surface area contributed by atoms with Gasteiger partial charge in [-0.05, 0) is 31.2 Å². The fourth-order valence-corrected chi connectivity index (χ4v) is 3.28. The van der Waals surface area contributed by atoms with Crippen molar-refractivity contribution in [2.45, 2.75) is 38.8 Å². The molecule has 1 unspecified atom stereocenters. The molecule has 0 aliphatic heterocycles. The van der Waals surface area contributed by atoms with Crippen LogP contribution in [0.15, 0.2) is 46.3 Å². The summed E-state index contributed by atoms with van der Waals surface area (Å²) in [4.78, 5) is 15.7. The van der Waals surface area contributed by atoms with E-state index in [1.165, 1.54) is 0 Å². The minimum atomic E-state index is -4.80. The molecule has 1 saturated carbocycles. The van der Waals surface area contributed by atoms with E-state index < -0.39 is 23.0 Å². The van der Waals surface area contributed by atoms with E-state index in [2.05, 4.69) is 9.95 Å². The quantitative estimate of drug-likeness (QED) is 0.641. The molecule has 1 fully saturated rings. The van der Waals surface area contributed by atoms with E-state index in [9.17, 15) is 18.0 Å². The van der Waals surface area contributed by atoms with Gasteiger partial charge in [-0.1, -0.05) is 43.7 Å². The fourth-order valence-electron chi connectivity index (χ4n) is 3.28. The zero-order valence-electron chi connectivity index (χ0n) is 14.8. The molecule has 1 aliphatic carbocycles. The van der Waals surface area contributed by atoms with Crippen molar-refractivity contribution in [2.24, 2.45) is 11.0 Å². The van der Waals surface area contributed by atoms with Gasteiger partial charge in [0.15, 0.2) is 0 Å². The lowest BCUT2D eigenvalue weighted by atomic mass is 9.89. The zero-order valence-corrected chi connectivity index (χ0v) is 14.8. The minimum absolute atomic E-state index is 0.0330. The molecule has 140 valence electrons. The van der Waals surface area contributed by atoms with E-state index >= 15 is 0 Å². The molecule has 7 heteroatoms. The van der Waals surface area contributed by atoms with E-state index in [1.807, 2.05) is 6.92 Å². The van der Waals surface area contributed by atoms with Gasteiger partial charge in [-0.25, -0.2) is 9.52 Å². The molecule has 1 heterocycles. The number of halogens is 3. The van der Waals surface area contributed by atoms with Crippen molar-refractivity contribution in [2.75, 3.05) is 0 Å². The lowest BCUT2D eigenvalue weighted by molar-refractivity contribution is -0.136. The minimum Gasteiger partial charge on any atom is -0.281 e. The van der Waals surface area contributed by atoms with Crippen LogP contribution in [0.1, 0.15) is 38.2 Å². The van der Waals surface area contributed by atoms with Gasteiger partial charge in [0, 0.05) is 11.3 Å². The second-order valence-electron chi connectivity index (χ2n) is 6.62. The maximum Gasteiger partial charge on any atom is 0.407 e. The molecule has 1 aliphatic rings. The molecular formula is C20H18F3N3O. The van der Waals surface area contributed by atoms with Gasteiger partial charge in [0.1, 0.15) is 0 Å². The zero-order chi connectivity index (χ0) is 19.6. The van der Waals surface area contributed by atoms with Crippen LogP contribution in [-0.4, -0.2) is 10.4 Å². The monoisotopic (exact) mass is 373 g/mol. The van der Waals surface area contributed by atoms with Crippen molar-refractivity contribution < 1.29 is 13.2 Å². The van der Waals surface area contributed by atoms with Crippen LogP contribution in [0.4, 0.5) is 18.9 Å². The van der Waals surface area contributed by atoms with Gasteiger partial charge >= 0.3 is 6.18 Å². The number of hydrogen-bond acceptors (Lipinski definition) is 2. The molecule has 2 aromatic rings. The van der Waals surface area contributed by atoms with Crippen molar-refractivity contribution in [3.63, 3.8) is 0 Å². The number of pyridine rings is 1. The van der Waals surface area contributed by atoms with Crippen molar-refractivity contribution >= 4 is 11.4 Å². The third kappa shape index (κ3) is 3.80. The van der Waals surface area contributed by atoms with Crippen molar-refractivity contribution in [3.8, 4) is 11.3 Å². The molecule has 0 amide bonds. The highest BCUT2D eigenvalue weighted by Crippen LogP contribution is 2.37. The Labute approximate surface area is 154 Å². The molecule has 1 aromatic carbocycles. The van der Waals surface area contributed by atoms with Crippen molar-refractivity contribution in [3.05, 3.63) is 63.7 Å². The van der Waals surface area contributed by atoms with Crippen LogP contribution < -0.4 is 5.56 Å². The highest BCUT2D eigenvalue weighted by Gasteiger charge is 2.36. The van der Waals surface area contributed by atoms with Gasteiger partial charge in [-0.3, -0.25) is 4.79 Å². The van der Waals surface area contributed by atoms with Crippen molar-refractivity contribution in [1.29, 1.82) is 0 Å². The summed E-state index contributed by atoms with van der Waals surface area (Å²) in [6.45, 7) is 9.09. The van der Waals surface area contributed by atoms with Gasteiger partial charge in [0.05, 0.1) is 17.8 Å². The molecule has 0 N–H and O–H groups in total. The summed E-state index contributed by atoms with van der Waals surface area (Å²) in [6.07, 6.45) is -1.20. The number of benzene rings is 1. The van der Waals surface area contributed by atoms with Gasteiger partial charge in [0.2, 0.25) is 0 Å². The smallest absolute Gasteiger partial charge is 0.281 e. The summed E-state index contributed by atoms with van der Waals surface area (Å²) in [7, 11) is 0. The fraction of sp³-hybridized carbons (Fsp3) is 0.350. The first kappa shape index (κ1) is 18.9. The summed E-state index contributed by atoms with van der Waals surface area (Å²) >= 11 is 0. The van der Waals surface area contributed by atoms with E-state index in [4.69, 9.17) is 6.57 Å². The first-order chi connectivity index (χ1) is 12.8. The Morgan fingerprint density at radius 2 is 1.93 bits per heavy atom. The SMILES string of the molecule is [C-]#[N+]c1c(C(F)(F)F)cc(-c2ccccc2)n(/N=C2/CCCCC2C)c1=O. The number of rotatable bonds is 2. The molecule has 0 radical (unpaired) electrons. The molecule has 0 bridgehead atoms. The molecule has 3 rings (SSSR count). The Balaban J connectivity index is 2.33. The second-order valence-corrected chi connectivity index (χ2v) is 6.62. The largest absolute Gasteiger partial charge is 0.407 e. The van der Waals surface area contributed by atoms with Crippen LogP contribution in [0.2, 0.25) is 0 Å². The van der Waals surface area contributed by atoms with E-state index in [1.54, 1.807) is 30.3 Å². The van der Waals surface area contributed by atoms with Crippen LogP contribution in [-0.2, 0) is 6.18 Å². The number of alkyl halides is 3. The Kier molecular flexibility index (Phi) is 5.17. The maximum absolute atomic E-state index is 13.4. The van der Waals surface area contributed by atoms with Crippen LogP contribution in [0, 0.1) is 12.5 Å². The molecule has 1 aromatic heterocycles. The van der Waals surface area contributed by atoms with E-state index in [-0.39, 0.29) is 11.6 Å². The topological polar surface area (TPSA) is 38.7 Å². The maximum atomic E-state index is 13.4. The van der Waals surface area contributed by atoms with E-state index in [0.717, 1.165) is 35.7 Å². The Morgan fingerprint density at radius 1 is 1.22 bits per heavy atom. The highest BCUT2D eigenvalue weighted by molar-refractivity contribution is 5.87. The molecular weight excluding hydrogens is 355 g/mol. The predicted molar refractivity (Wildman–Crippen MR) is 97.9 cm³/mol. The lowest BCUT2D eigenvalue weighted by Gasteiger charge is -2.21. The molecule has 4 nitrogen and oxygen atoms in total. The molecule has 0 saturated heterocycles. The summed E-state index contributed by atoms with van der Waals surface area (Å²) in [6, 6.07) is 9.18. The summed E-state index contributed by atoms with van der Waals surface area (Å²) in [5.74, 6) is 0.146. The van der Waals surface area contributed by atoms with Gasteiger partial charge < -0.3 is 0 Å². The molecule has 1 atom stereocenters. The number of aromatic nitrogens is 1. The van der Waals surface area contributed by atoms with Gasteiger partial charge in [-0.15, -0.1) is 0 Å². The summed E-state index contributed by atoms with van der Waals surface area (Å²) < 4.78 is 41.3. The number of hydrogen-bond donors (Lipinski definition) is 0. The van der Waals surface area contributed by atoms with E-state index in [0.29, 0.717) is 12.0 Å². The van der Waals surface area contributed by atoms with Crippen molar-refractivity contribution in [1.82, 2.24) is 4.68 Å². The lowest BCUT2D eigenvalue weighted by Crippen LogP contribution is -2.25. The van der Waals surface area contributed by atoms with Crippen LogP contribution in [0.5, 0.6) is 0 Å². The standard InChI is InChI=1S/C20H18F3N3O/c1-13-8-6-7-11-16(13)25-26-17(14-9-4-3-5-10-14)12-15(20(21,22)23)18(24-2)19(26)27/h3-5,9-10,12-13H,6-8,11H2,1H3/b25-16-. The molecule has 27 heavy (non-hydrogen) atoms. The number of nitrogens with zero attached hydrogens (tertiary/aromatic N) is 3. The average molecular weight is 373 g/mol. The Morgan fingerprint density at radius 3 is 2.52 bits per heavy atom. The van der Waals surface area contributed by atoms with Gasteiger partial charge in [-0.2, -0.15) is 18.3 Å². The molecule has 0 spiro atoms. The third-order valence-corrected chi connectivity index (χ3v) is 4.76. The highest BCUT2D eigenvalue weighted by atomic mass is 19.4. The van der Waals surface area contributed by atoms with Gasteiger partial charge in [0.25, 0.3) is 11.2 Å². The van der Waals surface area contributed by atoms with Crippen LogP contribution >= 0.6 is 0 Å². The Bertz CT molecular complexity index is 969. The third-order valence-electron chi connectivity index (χ3n) is 4.76. The predicted octanol–water partition coefficient (Wildman–Crippen LogP) is 5.50. The first-order valence-corrected chi connectivity index (χ1v) is 8.70. The average Bonchev–Trinajstić information content (AvgIpc) is 2.64. The first-order valence-electron chi connectivity index (χ1n) is 8.70.